The summed E-state index contributed by atoms with van der Waals surface area (Å²) in [5, 5.41) is 5.56. The van der Waals surface area contributed by atoms with E-state index in [1.165, 1.54) is 6.92 Å². The Morgan fingerprint density at radius 3 is 2.55 bits per heavy atom. The Morgan fingerprint density at radius 1 is 1.18 bits per heavy atom. The molecule has 0 saturated carbocycles. The van der Waals surface area contributed by atoms with Gasteiger partial charge in [-0.25, -0.2) is 4.98 Å². The molecule has 5 heteroatoms. The molecule has 0 spiro atoms. The van der Waals surface area contributed by atoms with Crippen molar-refractivity contribution in [2.75, 3.05) is 5.32 Å². The molecule has 0 fully saturated rings. The first-order chi connectivity index (χ1) is 10.5. The largest absolute Gasteiger partial charge is 0.349 e. The molecule has 0 saturated heterocycles. The van der Waals surface area contributed by atoms with Gasteiger partial charge in [0.2, 0.25) is 11.8 Å². The first-order valence-corrected chi connectivity index (χ1v) is 7.09. The Hall–Kier alpha value is -2.69. The predicted octanol–water partition coefficient (Wildman–Crippen LogP) is 2.60. The summed E-state index contributed by atoms with van der Waals surface area (Å²) in [4.78, 5) is 27.6. The van der Waals surface area contributed by atoms with E-state index in [-0.39, 0.29) is 24.3 Å². The second-order valence-electron chi connectivity index (χ2n) is 5.13. The van der Waals surface area contributed by atoms with Gasteiger partial charge < -0.3 is 10.6 Å². The fourth-order valence-electron chi connectivity index (χ4n) is 2.17. The van der Waals surface area contributed by atoms with Gasteiger partial charge in [0.15, 0.2) is 0 Å². The van der Waals surface area contributed by atoms with Gasteiger partial charge in [-0.1, -0.05) is 30.3 Å². The average molecular weight is 297 g/mol. The zero-order valence-corrected chi connectivity index (χ0v) is 12.7. The van der Waals surface area contributed by atoms with Crippen LogP contribution in [-0.4, -0.2) is 16.8 Å². The van der Waals surface area contributed by atoms with Crippen molar-refractivity contribution >= 4 is 17.6 Å². The lowest BCUT2D eigenvalue weighted by atomic mass is 10.0. The fraction of sp³-hybridized carbons (Fsp3) is 0.235. The Labute approximate surface area is 129 Å². The predicted molar refractivity (Wildman–Crippen MR) is 85.2 cm³/mol. The highest BCUT2D eigenvalue weighted by Crippen LogP contribution is 2.17. The summed E-state index contributed by atoms with van der Waals surface area (Å²) in [5.74, 6) is 0.149. The van der Waals surface area contributed by atoms with Crippen LogP contribution in [0, 0.1) is 6.92 Å². The number of amides is 2. The van der Waals surface area contributed by atoms with Crippen LogP contribution in [0.15, 0.2) is 48.7 Å². The topological polar surface area (TPSA) is 71.1 Å². The molecule has 2 rings (SSSR count). The number of rotatable bonds is 5. The standard InChI is InChI=1S/C17H19N3O2/c1-12-8-9-18-16(10-12)20-17(22)11-15(19-13(2)21)14-6-4-3-5-7-14/h3-10,15H,11H2,1-2H3,(H,19,21)(H,18,20,22). The number of carbonyl (C=O) groups excluding carboxylic acids is 2. The van der Waals surface area contributed by atoms with Crippen LogP contribution in [0.25, 0.3) is 0 Å². The van der Waals surface area contributed by atoms with E-state index in [2.05, 4.69) is 15.6 Å². The molecule has 1 aromatic carbocycles. The lowest BCUT2D eigenvalue weighted by Crippen LogP contribution is -2.29. The zero-order valence-electron chi connectivity index (χ0n) is 12.7. The van der Waals surface area contributed by atoms with E-state index in [0.717, 1.165) is 11.1 Å². The first kappa shape index (κ1) is 15.7. The third-order valence-electron chi connectivity index (χ3n) is 3.15. The summed E-state index contributed by atoms with van der Waals surface area (Å²) >= 11 is 0. The van der Waals surface area contributed by atoms with Gasteiger partial charge in [-0.3, -0.25) is 9.59 Å². The summed E-state index contributed by atoms with van der Waals surface area (Å²) in [6.07, 6.45) is 1.80. The lowest BCUT2D eigenvalue weighted by Gasteiger charge is -2.18. The molecule has 1 atom stereocenters. The molecule has 2 amide bonds. The summed E-state index contributed by atoms with van der Waals surface area (Å²) in [7, 11) is 0. The molecule has 5 nitrogen and oxygen atoms in total. The Kier molecular flexibility index (Phi) is 5.25. The van der Waals surface area contributed by atoms with Gasteiger partial charge in [-0.15, -0.1) is 0 Å². The van der Waals surface area contributed by atoms with Crippen LogP contribution in [0.1, 0.15) is 30.5 Å². The molecule has 0 radical (unpaired) electrons. The number of aryl methyl sites for hydroxylation is 1. The molecule has 1 unspecified atom stereocenters. The highest BCUT2D eigenvalue weighted by molar-refractivity contribution is 5.90. The van der Waals surface area contributed by atoms with Gasteiger partial charge in [0.1, 0.15) is 5.82 Å². The summed E-state index contributed by atoms with van der Waals surface area (Å²) in [5.41, 5.74) is 1.91. The molecular formula is C17H19N3O2. The highest BCUT2D eigenvalue weighted by atomic mass is 16.2. The highest BCUT2D eigenvalue weighted by Gasteiger charge is 2.17. The van der Waals surface area contributed by atoms with Crippen molar-refractivity contribution in [1.29, 1.82) is 0 Å². The van der Waals surface area contributed by atoms with Crippen molar-refractivity contribution in [3.05, 3.63) is 59.8 Å². The monoisotopic (exact) mass is 297 g/mol. The molecule has 0 aliphatic heterocycles. The van der Waals surface area contributed by atoms with E-state index in [1.807, 2.05) is 43.3 Å². The molecule has 114 valence electrons. The van der Waals surface area contributed by atoms with Crippen molar-refractivity contribution in [2.24, 2.45) is 0 Å². The number of carbonyl (C=O) groups is 2. The van der Waals surface area contributed by atoms with E-state index in [4.69, 9.17) is 0 Å². The number of hydrogen-bond acceptors (Lipinski definition) is 3. The number of aromatic nitrogens is 1. The normalized spacial score (nSPS) is 11.5. The van der Waals surface area contributed by atoms with Crippen molar-refractivity contribution in [2.45, 2.75) is 26.3 Å². The van der Waals surface area contributed by atoms with Crippen molar-refractivity contribution in [1.82, 2.24) is 10.3 Å². The zero-order chi connectivity index (χ0) is 15.9. The maximum Gasteiger partial charge on any atom is 0.227 e. The fourth-order valence-corrected chi connectivity index (χ4v) is 2.17. The minimum Gasteiger partial charge on any atom is -0.349 e. The first-order valence-electron chi connectivity index (χ1n) is 7.09. The minimum absolute atomic E-state index is 0.152. The van der Waals surface area contributed by atoms with Gasteiger partial charge in [0, 0.05) is 13.1 Å². The molecule has 1 aromatic heterocycles. The Morgan fingerprint density at radius 2 is 1.91 bits per heavy atom. The molecule has 1 heterocycles. The molecule has 2 N–H and O–H groups in total. The Balaban J connectivity index is 2.06. The van der Waals surface area contributed by atoms with Crippen molar-refractivity contribution < 1.29 is 9.59 Å². The SMILES string of the molecule is CC(=O)NC(CC(=O)Nc1cc(C)ccn1)c1ccccc1. The van der Waals surface area contributed by atoms with Crippen LogP contribution in [0.4, 0.5) is 5.82 Å². The lowest BCUT2D eigenvalue weighted by molar-refractivity contribution is -0.120. The van der Waals surface area contributed by atoms with Gasteiger partial charge in [-0.2, -0.15) is 0 Å². The molecule has 0 aliphatic carbocycles. The van der Waals surface area contributed by atoms with E-state index < -0.39 is 0 Å². The number of nitrogens with zero attached hydrogens (tertiary/aromatic N) is 1. The maximum atomic E-state index is 12.2. The molecule has 0 aliphatic rings. The second kappa shape index (κ2) is 7.36. The minimum atomic E-state index is -0.358. The maximum absolute atomic E-state index is 12.2. The number of pyridine rings is 1. The summed E-state index contributed by atoms with van der Waals surface area (Å²) in [6.45, 7) is 3.37. The van der Waals surface area contributed by atoms with Crippen molar-refractivity contribution in [3.8, 4) is 0 Å². The average Bonchev–Trinajstić information content (AvgIpc) is 2.47. The van der Waals surface area contributed by atoms with E-state index in [1.54, 1.807) is 12.3 Å². The van der Waals surface area contributed by atoms with Crippen LogP contribution in [0.3, 0.4) is 0 Å². The number of hydrogen-bond donors (Lipinski definition) is 2. The quantitative estimate of drug-likeness (QED) is 0.891. The summed E-state index contributed by atoms with van der Waals surface area (Å²) in [6, 6.07) is 12.7. The van der Waals surface area contributed by atoms with E-state index >= 15 is 0 Å². The third kappa shape index (κ3) is 4.70. The smallest absolute Gasteiger partial charge is 0.227 e. The van der Waals surface area contributed by atoms with E-state index in [0.29, 0.717) is 5.82 Å². The number of benzene rings is 1. The van der Waals surface area contributed by atoms with E-state index in [9.17, 15) is 9.59 Å². The second-order valence-corrected chi connectivity index (χ2v) is 5.13. The van der Waals surface area contributed by atoms with Crippen molar-refractivity contribution in [3.63, 3.8) is 0 Å². The van der Waals surface area contributed by atoms with Gasteiger partial charge in [-0.05, 0) is 30.2 Å². The number of nitrogens with one attached hydrogen (secondary N) is 2. The van der Waals surface area contributed by atoms with Gasteiger partial charge >= 0.3 is 0 Å². The third-order valence-corrected chi connectivity index (χ3v) is 3.15. The van der Waals surface area contributed by atoms with Crippen LogP contribution in [-0.2, 0) is 9.59 Å². The number of anilines is 1. The molecular weight excluding hydrogens is 278 g/mol. The van der Waals surface area contributed by atoms with Gasteiger partial charge in [0.05, 0.1) is 12.5 Å². The van der Waals surface area contributed by atoms with Crippen LogP contribution >= 0.6 is 0 Å². The van der Waals surface area contributed by atoms with Crippen LogP contribution in [0.5, 0.6) is 0 Å². The summed E-state index contributed by atoms with van der Waals surface area (Å²) < 4.78 is 0. The molecule has 0 bridgehead atoms. The molecule has 22 heavy (non-hydrogen) atoms. The van der Waals surface area contributed by atoms with Gasteiger partial charge in [0.25, 0.3) is 0 Å². The Bertz CT molecular complexity index is 656. The molecule has 2 aromatic rings. The van der Waals surface area contributed by atoms with Crippen LogP contribution < -0.4 is 10.6 Å². The van der Waals surface area contributed by atoms with Crippen LogP contribution in [0.2, 0.25) is 0 Å².